The van der Waals surface area contributed by atoms with Gasteiger partial charge in [-0.1, -0.05) is 30.3 Å². The fourth-order valence-electron chi connectivity index (χ4n) is 2.80. The van der Waals surface area contributed by atoms with Crippen LogP contribution in [0, 0.1) is 5.82 Å². The first-order valence-corrected chi connectivity index (χ1v) is 8.33. The summed E-state index contributed by atoms with van der Waals surface area (Å²) in [5.41, 5.74) is 1.73. The Labute approximate surface area is 152 Å². The van der Waals surface area contributed by atoms with Gasteiger partial charge in [-0.2, -0.15) is 0 Å². The van der Waals surface area contributed by atoms with Crippen LogP contribution in [0.3, 0.4) is 0 Å². The van der Waals surface area contributed by atoms with Crippen LogP contribution in [-0.2, 0) is 11.8 Å². The van der Waals surface area contributed by atoms with Gasteiger partial charge in [-0.15, -0.1) is 0 Å². The molecule has 26 heavy (non-hydrogen) atoms. The number of carbonyl (C=O) groups is 1. The van der Waals surface area contributed by atoms with E-state index < -0.39 is 6.04 Å². The van der Waals surface area contributed by atoms with Gasteiger partial charge in [0.15, 0.2) is 0 Å². The zero-order valence-electron chi connectivity index (χ0n) is 14.8. The van der Waals surface area contributed by atoms with E-state index in [4.69, 9.17) is 0 Å². The van der Waals surface area contributed by atoms with E-state index in [1.54, 1.807) is 18.3 Å². The lowest BCUT2D eigenvalue weighted by Crippen LogP contribution is -2.38. The van der Waals surface area contributed by atoms with E-state index in [2.05, 4.69) is 10.3 Å². The third-order valence-electron chi connectivity index (χ3n) is 4.20. The van der Waals surface area contributed by atoms with E-state index in [0.29, 0.717) is 5.82 Å². The molecule has 1 aromatic heterocycles. The number of aromatic nitrogens is 2. The van der Waals surface area contributed by atoms with Crippen LogP contribution in [-0.4, -0.2) is 29.1 Å². The van der Waals surface area contributed by atoms with Crippen LogP contribution < -0.4 is 10.2 Å². The third-order valence-corrected chi connectivity index (χ3v) is 4.20. The second-order valence-corrected chi connectivity index (χ2v) is 6.14. The van der Waals surface area contributed by atoms with Crippen molar-refractivity contribution in [2.75, 3.05) is 18.5 Å². The molecule has 0 bridgehead atoms. The van der Waals surface area contributed by atoms with Crippen molar-refractivity contribution in [3.05, 3.63) is 84.2 Å². The molecule has 5 nitrogen and oxygen atoms in total. The van der Waals surface area contributed by atoms with Crippen LogP contribution >= 0.6 is 0 Å². The standard InChI is InChI=1S/C20H21FN4O/c1-24-13-12-22-20(24)19(15-8-10-16(21)11-9-15)23-18(26)14-25(2)17-6-4-3-5-7-17/h3-13,19H,14H2,1-2H3,(H,23,26)/t19-/m1/s1. The fourth-order valence-corrected chi connectivity index (χ4v) is 2.80. The second-order valence-electron chi connectivity index (χ2n) is 6.14. The summed E-state index contributed by atoms with van der Waals surface area (Å²) < 4.78 is 15.1. The number of amides is 1. The first-order chi connectivity index (χ1) is 12.5. The molecule has 0 spiro atoms. The minimum atomic E-state index is -0.452. The van der Waals surface area contributed by atoms with Crippen molar-refractivity contribution in [3.63, 3.8) is 0 Å². The molecule has 0 saturated carbocycles. The molecule has 0 radical (unpaired) electrons. The van der Waals surface area contributed by atoms with Gasteiger partial charge in [-0.25, -0.2) is 9.37 Å². The van der Waals surface area contributed by atoms with Gasteiger partial charge in [0.2, 0.25) is 5.91 Å². The number of anilines is 1. The van der Waals surface area contributed by atoms with Crippen molar-refractivity contribution in [3.8, 4) is 0 Å². The highest BCUT2D eigenvalue weighted by atomic mass is 19.1. The van der Waals surface area contributed by atoms with Crippen LogP contribution in [0.25, 0.3) is 0 Å². The number of nitrogens with zero attached hydrogens (tertiary/aromatic N) is 3. The zero-order chi connectivity index (χ0) is 18.5. The molecule has 0 unspecified atom stereocenters. The van der Waals surface area contributed by atoms with Crippen molar-refractivity contribution in [1.29, 1.82) is 0 Å². The number of imidazole rings is 1. The van der Waals surface area contributed by atoms with E-state index in [1.165, 1.54) is 12.1 Å². The number of likely N-dealkylation sites (N-methyl/N-ethyl adjacent to an activating group) is 1. The van der Waals surface area contributed by atoms with Crippen LogP contribution in [0.2, 0.25) is 0 Å². The Bertz CT molecular complexity index is 861. The normalized spacial score (nSPS) is 11.8. The van der Waals surface area contributed by atoms with Crippen LogP contribution in [0.1, 0.15) is 17.4 Å². The molecule has 6 heteroatoms. The van der Waals surface area contributed by atoms with Crippen molar-refractivity contribution < 1.29 is 9.18 Å². The molecule has 1 N–H and O–H groups in total. The average molecular weight is 352 g/mol. The first kappa shape index (κ1) is 17.7. The van der Waals surface area contributed by atoms with E-state index >= 15 is 0 Å². The minimum absolute atomic E-state index is 0.145. The van der Waals surface area contributed by atoms with E-state index in [0.717, 1.165) is 11.3 Å². The maximum Gasteiger partial charge on any atom is 0.240 e. The predicted octanol–water partition coefficient (Wildman–Crippen LogP) is 2.90. The number of aryl methyl sites for hydroxylation is 1. The Kier molecular flexibility index (Phi) is 5.31. The number of hydrogen-bond donors (Lipinski definition) is 1. The molecule has 0 saturated heterocycles. The monoisotopic (exact) mass is 352 g/mol. The molecule has 3 aromatic rings. The number of para-hydroxylation sites is 1. The highest BCUT2D eigenvalue weighted by molar-refractivity contribution is 5.82. The van der Waals surface area contributed by atoms with E-state index in [1.807, 2.05) is 60.1 Å². The Morgan fingerprint density at radius 2 is 1.88 bits per heavy atom. The molecular weight excluding hydrogens is 331 g/mol. The number of hydrogen-bond acceptors (Lipinski definition) is 3. The van der Waals surface area contributed by atoms with E-state index in [-0.39, 0.29) is 18.3 Å². The molecule has 134 valence electrons. The Morgan fingerprint density at radius 3 is 2.50 bits per heavy atom. The lowest BCUT2D eigenvalue weighted by atomic mass is 10.1. The summed E-state index contributed by atoms with van der Waals surface area (Å²) in [5, 5.41) is 3.01. The quantitative estimate of drug-likeness (QED) is 0.742. The number of rotatable bonds is 6. The molecule has 0 fully saturated rings. The summed E-state index contributed by atoms with van der Waals surface area (Å²) in [5.74, 6) is 0.225. The predicted molar refractivity (Wildman–Crippen MR) is 99.3 cm³/mol. The van der Waals surface area contributed by atoms with Gasteiger partial charge in [-0.3, -0.25) is 4.79 Å². The Balaban J connectivity index is 1.78. The molecule has 1 amide bonds. The van der Waals surface area contributed by atoms with Gasteiger partial charge in [0.25, 0.3) is 0 Å². The third kappa shape index (κ3) is 4.08. The summed E-state index contributed by atoms with van der Waals surface area (Å²) in [6, 6.07) is 15.3. The molecule has 3 rings (SSSR count). The average Bonchev–Trinajstić information content (AvgIpc) is 3.07. The second kappa shape index (κ2) is 7.82. The van der Waals surface area contributed by atoms with Crippen molar-refractivity contribution in [2.45, 2.75) is 6.04 Å². The zero-order valence-corrected chi connectivity index (χ0v) is 14.8. The number of benzene rings is 2. The largest absolute Gasteiger partial charge is 0.365 e. The van der Waals surface area contributed by atoms with Crippen molar-refractivity contribution >= 4 is 11.6 Å². The molecule has 0 aliphatic rings. The van der Waals surface area contributed by atoms with Gasteiger partial charge >= 0.3 is 0 Å². The van der Waals surface area contributed by atoms with Gasteiger partial charge in [-0.05, 0) is 29.8 Å². The molecule has 0 aliphatic heterocycles. The fraction of sp³-hybridized carbons (Fsp3) is 0.200. The van der Waals surface area contributed by atoms with Gasteiger partial charge in [0.05, 0.1) is 6.54 Å². The summed E-state index contributed by atoms with van der Waals surface area (Å²) in [4.78, 5) is 18.8. The van der Waals surface area contributed by atoms with Crippen LogP contribution in [0.15, 0.2) is 67.0 Å². The molecular formula is C20H21FN4O. The van der Waals surface area contributed by atoms with Gasteiger partial charge < -0.3 is 14.8 Å². The SMILES string of the molecule is CN(CC(=O)N[C@H](c1ccc(F)cc1)c1nccn1C)c1ccccc1. The summed E-state index contributed by atoms with van der Waals surface area (Å²) in [6.07, 6.45) is 3.49. The summed E-state index contributed by atoms with van der Waals surface area (Å²) >= 11 is 0. The minimum Gasteiger partial charge on any atom is -0.365 e. The van der Waals surface area contributed by atoms with E-state index in [9.17, 15) is 9.18 Å². The number of nitrogens with one attached hydrogen (secondary N) is 1. The van der Waals surface area contributed by atoms with Crippen LogP contribution in [0.4, 0.5) is 10.1 Å². The van der Waals surface area contributed by atoms with Gasteiger partial charge in [0, 0.05) is 32.2 Å². The maximum atomic E-state index is 13.3. The smallest absolute Gasteiger partial charge is 0.240 e. The topological polar surface area (TPSA) is 50.2 Å². The lowest BCUT2D eigenvalue weighted by Gasteiger charge is -2.23. The lowest BCUT2D eigenvalue weighted by molar-refractivity contribution is -0.120. The van der Waals surface area contributed by atoms with Crippen molar-refractivity contribution in [2.24, 2.45) is 7.05 Å². The summed E-state index contributed by atoms with van der Waals surface area (Å²) in [7, 11) is 3.73. The number of halogens is 1. The highest BCUT2D eigenvalue weighted by Gasteiger charge is 2.21. The molecule has 2 aromatic carbocycles. The first-order valence-electron chi connectivity index (χ1n) is 8.33. The van der Waals surface area contributed by atoms with Gasteiger partial charge in [0.1, 0.15) is 17.7 Å². The molecule has 1 atom stereocenters. The molecule has 1 heterocycles. The Hall–Kier alpha value is -3.15. The maximum absolute atomic E-state index is 13.3. The number of carbonyl (C=O) groups excluding carboxylic acids is 1. The Morgan fingerprint density at radius 1 is 1.19 bits per heavy atom. The highest BCUT2D eigenvalue weighted by Crippen LogP contribution is 2.21. The molecule has 0 aliphatic carbocycles. The summed E-state index contributed by atoms with van der Waals surface area (Å²) in [6.45, 7) is 0.201. The van der Waals surface area contributed by atoms with Crippen LogP contribution in [0.5, 0.6) is 0 Å². The van der Waals surface area contributed by atoms with Crippen molar-refractivity contribution in [1.82, 2.24) is 14.9 Å².